The molecule has 4 rings (SSSR count). The predicted octanol–water partition coefficient (Wildman–Crippen LogP) is 5.30. The lowest BCUT2D eigenvalue weighted by atomic mass is 10.2. The van der Waals surface area contributed by atoms with Gasteiger partial charge in [0, 0.05) is 23.4 Å². The lowest BCUT2D eigenvalue weighted by molar-refractivity contribution is 0.447. The number of hydrogen-bond acceptors (Lipinski definition) is 5. The van der Waals surface area contributed by atoms with Crippen LogP contribution in [0.3, 0.4) is 0 Å². The third kappa shape index (κ3) is 3.56. The summed E-state index contributed by atoms with van der Waals surface area (Å²) in [6.07, 6.45) is 2.79. The topological polar surface area (TPSA) is 56.3 Å². The van der Waals surface area contributed by atoms with Gasteiger partial charge < -0.3 is 4.74 Å². The molecular weight excluding hydrogens is 385 g/mol. The Morgan fingerprint density at radius 2 is 1.74 bits per heavy atom. The van der Waals surface area contributed by atoms with Gasteiger partial charge in [-0.2, -0.15) is 0 Å². The zero-order valence-electron chi connectivity index (χ0n) is 14.2. The fourth-order valence-electron chi connectivity index (χ4n) is 2.65. The zero-order chi connectivity index (χ0) is 19.0. The summed E-state index contributed by atoms with van der Waals surface area (Å²) in [7, 11) is -3.24. The Morgan fingerprint density at radius 1 is 1.00 bits per heavy atom. The van der Waals surface area contributed by atoms with Crippen LogP contribution in [-0.2, 0) is 9.84 Å². The molecule has 0 aliphatic carbocycles. The summed E-state index contributed by atoms with van der Waals surface area (Å²) in [6.45, 7) is 0. The third-order valence-electron chi connectivity index (χ3n) is 4.00. The molecule has 0 unspecified atom stereocenters. The quantitative estimate of drug-likeness (QED) is 0.467. The molecule has 136 valence electrons. The molecular formula is C20H14FNO3S2. The van der Waals surface area contributed by atoms with Gasteiger partial charge in [0.05, 0.1) is 15.1 Å². The lowest BCUT2D eigenvalue weighted by Gasteiger charge is -2.06. The normalized spacial score (nSPS) is 11.6. The second-order valence-corrected chi connectivity index (χ2v) is 9.03. The molecule has 2 heterocycles. The van der Waals surface area contributed by atoms with Crippen molar-refractivity contribution in [2.45, 2.75) is 4.90 Å². The summed E-state index contributed by atoms with van der Waals surface area (Å²) < 4.78 is 43.7. The van der Waals surface area contributed by atoms with E-state index in [1.165, 1.54) is 23.7 Å². The second-order valence-electron chi connectivity index (χ2n) is 5.96. The van der Waals surface area contributed by atoms with Gasteiger partial charge in [-0.15, -0.1) is 11.3 Å². The highest BCUT2D eigenvalue weighted by molar-refractivity contribution is 7.90. The van der Waals surface area contributed by atoms with Gasteiger partial charge in [-0.05, 0) is 35.9 Å². The average Bonchev–Trinajstić information content (AvgIpc) is 3.08. The SMILES string of the molecule is CS(=O)(=O)c1ccc(-c2cc3nccc(Oc4ccccc4F)c3s2)cc1. The number of rotatable bonds is 4. The number of benzene rings is 2. The largest absolute Gasteiger partial charge is 0.453 e. The number of hydrogen-bond donors (Lipinski definition) is 0. The van der Waals surface area contributed by atoms with Crippen molar-refractivity contribution in [3.8, 4) is 21.9 Å². The van der Waals surface area contributed by atoms with Gasteiger partial charge in [0.2, 0.25) is 0 Å². The molecule has 0 saturated carbocycles. The van der Waals surface area contributed by atoms with Crippen molar-refractivity contribution in [2.75, 3.05) is 6.26 Å². The van der Waals surface area contributed by atoms with E-state index < -0.39 is 15.7 Å². The number of nitrogens with zero attached hydrogens (tertiary/aromatic N) is 1. The van der Waals surface area contributed by atoms with Gasteiger partial charge in [0.25, 0.3) is 0 Å². The Balaban J connectivity index is 1.74. The minimum absolute atomic E-state index is 0.150. The van der Waals surface area contributed by atoms with Gasteiger partial charge in [0.15, 0.2) is 21.4 Å². The lowest BCUT2D eigenvalue weighted by Crippen LogP contribution is -1.95. The van der Waals surface area contributed by atoms with Crippen LogP contribution in [0.4, 0.5) is 4.39 Å². The molecule has 0 amide bonds. The van der Waals surface area contributed by atoms with Crippen molar-refractivity contribution in [2.24, 2.45) is 0 Å². The van der Waals surface area contributed by atoms with Crippen molar-refractivity contribution in [3.63, 3.8) is 0 Å². The number of pyridine rings is 1. The molecule has 0 aliphatic heterocycles. The zero-order valence-corrected chi connectivity index (χ0v) is 15.9. The van der Waals surface area contributed by atoms with Gasteiger partial charge in [-0.3, -0.25) is 4.98 Å². The van der Waals surface area contributed by atoms with Crippen molar-refractivity contribution < 1.29 is 17.5 Å². The van der Waals surface area contributed by atoms with E-state index >= 15 is 0 Å². The number of sulfone groups is 1. The van der Waals surface area contributed by atoms with E-state index in [0.717, 1.165) is 20.7 Å². The fraction of sp³-hybridized carbons (Fsp3) is 0.0500. The average molecular weight is 399 g/mol. The highest BCUT2D eigenvalue weighted by Gasteiger charge is 2.13. The van der Waals surface area contributed by atoms with E-state index in [1.54, 1.807) is 54.7 Å². The minimum Gasteiger partial charge on any atom is -0.453 e. The number of aromatic nitrogens is 1. The van der Waals surface area contributed by atoms with E-state index in [4.69, 9.17) is 4.74 Å². The van der Waals surface area contributed by atoms with Gasteiger partial charge in [0.1, 0.15) is 5.75 Å². The predicted molar refractivity (Wildman–Crippen MR) is 105 cm³/mol. The summed E-state index contributed by atoms with van der Waals surface area (Å²) in [5.74, 6) is 0.238. The molecule has 0 fully saturated rings. The summed E-state index contributed by atoms with van der Waals surface area (Å²) >= 11 is 1.46. The summed E-state index contributed by atoms with van der Waals surface area (Å²) in [5.41, 5.74) is 1.61. The number of ether oxygens (including phenoxy) is 1. The molecule has 7 heteroatoms. The van der Waals surface area contributed by atoms with Crippen LogP contribution in [0.2, 0.25) is 0 Å². The van der Waals surface area contributed by atoms with Gasteiger partial charge in [-0.1, -0.05) is 24.3 Å². The highest BCUT2D eigenvalue weighted by Crippen LogP contribution is 2.39. The molecule has 0 N–H and O–H groups in total. The van der Waals surface area contributed by atoms with Gasteiger partial charge in [-0.25, -0.2) is 12.8 Å². The molecule has 0 aliphatic rings. The van der Waals surface area contributed by atoms with Crippen LogP contribution in [0.15, 0.2) is 71.8 Å². The van der Waals surface area contributed by atoms with Crippen LogP contribution in [-0.4, -0.2) is 19.7 Å². The van der Waals surface area contributed by atoms with Crippen molar-refractivity contribution in [3.05, 3.63) is 72.7 Å². The van der Waals surface area contributed by atoms with Crippen LogP contribution in [0.1, 0.15) is 0 Å². The van der Waals surface area contributed by atoms with Crippen LogP contribution in [0, 0.1) is 5.82 Å². The van der Waals surface area contributed by atoms with Crippen molar-refractivity contribution >= 4 is 31.4 Å². The number of halogens is 1. The molecule has 2 aromatic carbocycles. The van der Waals surface area contributed by atoms with Crippen molar-refractivity contribution in [1.29, 1.82) is 0 Å². The highest BCUT2D eigenvalue weighted by atomic mass is 32.2. The number of thiophene rings is 1. The maximum atomic E-state index is 13.9. The Morgan fingerprint density at radius 3 is 2.44 bits per heavy atom. The van der Waals surface area contributed by atoms with Crippen LogP contribution in [0.5, 0.6) is 11.5 Å². The molecule has 27 heavy (non-hydrogen) atoms. The van der Waals surface area contributed by atoms with E-state index in [1.807, 2.05) is 6.07 Å². The first-order valence-electron chi connectivity index (χ1n) is 8.03. The van der Waals surface area contributed by atoms with E-state index in [-0.39, 0.29) is 10.6 Å². The summed E-state index contributed by atoms with van der Waals surface area (Å²) in [5, 5.41) is 0. The summed E-state index contributed by atoms with van der Waals surface area (Å²) in [6, 6.07) is 16.5. The second kappa shape index (κ2) is 6.75. The van der Waals surface area contributed by atoms with Gasteiger partial charge >= 0.3 is 0 Å². The van der Waals surface area contributed by atoms with E-state index in [2.05, 4.69) is 4.98 Å². The maximum Gasteiger partial charge on any atom is 0.175 e. The molecule has 0 saturated heterocycles. The van der Waals surface area contributed by atoms with Crippen LogP contribution in [0.25, 0.3) is 20.7 Å². The van der Waals surface area contributed by atoms with E-state index in [9.17, 15) is 12.8 Å². The number of fused-ring (bicyclic) bond motifs is 1. The standard InChI is InChI=1S/C20H14FNO3S2/c1-27(23,24)14-8-6-13(7-9-14)19-12-16-20(26-19)18(10-11-22-16)25-17-5-3-2-4-15(17)21/h2-12H,1H3. The third-order valence-corrected chi connectivity index (χ3v) is 6.32. The molecule has 2 aromatic heterocycles. The molecule has 0 atom stereocenters. The Bertz CT molecular complexity index is 1230. The molecule has 4 nitrogen and oxygen atoms in total. The Hall–Kier alpha value is -2.77. The first kappa shape index (κ1) is 17.6. The molecule has 4 aromatic rings. The van der Waals surface area contributed by atoms with E-state index in [0.29, 0.717) is 5.75 Å². The van der Waals surface area contributed by atoms with Crippen LogP contribution < -0.4 is 4.74 Å². The fourth-order valence-corrected chi connectivity index (χ4v) is 4.35. The number of para-hydroxylation sites is 1. The first-order chi connectivity index (χ1) is 12.9. The van der Waals surface area contributed by atoms with Crippen LogP contribution >= 0.6 is 11.3 Å². The molecule has 0 spiro atoms. The van der Waals surface area contributed by atoms with Crippen molar-refractivity contribution in [1.82, 2.24) is 4.98 Å². The molecule has 0 bridgehead atoms. The Labute approximate surface area is 159 Å². The first-order valence-corrected chi connectivity index (χ1v) is 10.7. The minimum atomic E-state index is -3.24. The molecule has 0 radical (unpaired) electrons. The summed E-state index contributed by atoms with van der Waals surface area (Å²) in [4.78, 5) is 5.54. The monoisotopic (exact) mass is 399 g/mol. The maximum absolute atomic E-state index is 13.9. The Kier molecular flexibility index (Phi) is 4.41. The smallest absolute Gasteiger partial charge is 0.175 e.